The number of benzene rings is 1. The van der Waals surface area contributed by atoms with E-state index in [9.17, 15) is 13.2 Å². The van der Waals surface area contributed by atoms with Gasteiger partial charge in [0.15, 0.2) is 10.9 Å². The summed E-state index contributed by atoms with van der Waals surface area (Å²) in [6.07, 6.45) is -3.66. The van der Waals surface area contributed by atoms with E-state index in [0.29, 0.717) is 27.8 Å². The Balaban J connectivity index is 2.04. The van der Waals surface area contributed by atoms with Gasteiger partial charge in [0.2, 0.25) is 0 Å². The van der Waals surface area contributed by atoms with E-state index in [1.807, 2.05) is 13.0 Å². The highest BCUT2D eigenvalue weighted by molar-refractivity contribution is 7.99. The average Bonchev–Trinajstić information content (AvgIpc) is 2.92. The average molecular weight is 363 g/mol. The fourth-order valence-electron chi connectivity index (χ4n) is 2.32. The van der Waals surface area contributed by atoms with Gasteiger partial charge in [-0.2, -0.15) is 18.4 Å². The lowest BCUT2D eigenvalue weighted by molar-refractivity contribution is -0.137. The first kappa shape index (κ1) is 17.2. The zero-order valence-electron chi connectivity index (χ0n) is 13.1. The molecule has 0 saturated heterocycles. The van der Waals surface area contributed by atoms with Crippen LogP contribution in [0.1, 0.15) is 24.6 Å². The lowest BCUT2D eigenvalue weighted by Gasteiger charge is -2.09. The van der Waals surface area contributed by atoms with Crippen LogP contribution in [0, 0.1) is 11.3 Å². The van der Waals surface area contributed by atoms with Crippen molar-refractivity contribution in [3.05, 3.63) is 41.6 Å². The molecule has 3 rings (SSSR count). The van der Waals surface area contributed by atoms with Crippen molar-refractivity contribution in [1.29, 1.82) is 5.26 Å². The lowest BCUT2D eigenvalue weighted by Crippen LogP contribution is -2.05. The van der Waals surface area contributed by atoms with E-state index in [1.165, 1.54) is 23.9 Å². The van der Waals surface area contributed by atoms with Crippen LogP contribution in [0.2, 0.25) is 0 Å². The largest absolute Gasteiger partial charge is 0.416 e. The zero-order chi connectivity index (χ0) is 18.0. The Kier molecular flexibility index (Phi) is 4.63. The van der Waals surface area contributed by atoms with E-state index in [0.717, 1.165) is 18.6 Å². The Morgan fingerprint density at radius 3 is 2.60 bits per heavy atom. The van der Waals surface area contributed by atoms with Crippen LogP contribution in [0.15, 0.2) is 40.5 Å². The Morgan fingerprint density at radius 2 is 2.00 bits per heavy atom. The summed E-state index contributed by atoms with van der Waals surface area (Å²) >= 11 is 1.20. The summed E-state index contributed by atoms with van der Waals surface area (Å²) < 4.78 is 40.7. The molecule has 0 atom stereocenters. The smallest absolute Gasteiger partial charge is 0.319 e. The van der Waals surface area contributed by atoms with Gasteiger partial charge in [-0.25, -0.2) is 4.98 Å². The van der Waals surface area contributed by atoms with Crippen LogP contribution < -0.4 is 0 Å². The molecule has 0 aliphatic carbocycles. The first-order valence-corrected chi connectivity index (χ1v) is 8.23. The van der Waals surface area contributed by atoms with Crippen molar-refractivity contribution in [1.82, 2.24) is 19.7 Å². The van der Waals surface area contributed by atoms with Gasteiger partial charge in [-0.3, -0.25) is 0 Å². The topological polar surface area (TPSA) is 67.4 Å². The predicted molar refractivity (Wildman–Crippen MR) is 85.9 cm³/mol. The molecule has 5 nitrogen and oxygen atoms in total. The Hall–Kier alpha value is -2.60. The van der Waals surface area contributed by atoms with E-state index in [4.69, 9.17) is 5.26 Å². The highest BCUT2D eigenvalue weighted by Gasteiger charge is 2.31. The summed E-state index contributed by atoms with van der Waals surface area (Å²) in [5.74, 6) is 0. The molecule has 1 aromatic carbocycles. The quantitative estimate of drug-likeness (QED) is 0.692. The van der Waals surface area contributed by atoms with Crippen molar-refractivity contribution in [2.75, 3.05) is 0 Å². The third-order valence-corrected chi connectivity index (χ3v) is 4.36. The highest BCUT2D eigenvalue weighted by Crippen LogP contribution is 2.34. The molecule has 0 saturated carbocycles. The van der Waals surface area contributed by atoms with Gasteiger partial charge < -0.3 is 4.57 Å². The molecule has 0 amide bonds. The molecule has 0 bridgehead atoms. The molecular weight excluding hydrogens is 351 g/mol. The van der Waals surface area contributed by atoms with Crippen molar-refractivity contribution in [3.8, 4) is 6.07 Å². The van der Waals surface area contributed by atoms with Gasteiger partial charge in [-0.1, -0.05) is 6.92 Å². The van der Waals surface area contributed by atoms with Gasteiger partial charge in [-0.05, 0) is 48.5 Å². The predicted octanol–water partition coefficient (Wildman–Crippen LogP) is 4.28. The fraction of sp³-hybridized carbons (Fsp3) is 0.250. The second-order valence-electron chi connectivity index (χ2n) is 5.22. The standard InChI is InChI=1S/C16H12F3N5S/c1-2-7-24-13-8-10(16(17,18)19)3-5-12(13)21-15(24)25-14-6-4-11(9-20)22-23-14/h3-6,8H,2,7H2,1H3. The van der Waals surface area contributed by atoms with Crippen LogP contribution in [-0.4, -0.2) is 19.7 Å². The van der Waals surface area contributed by atoms with Gasteiger partial charge in [0, 0.05) is 6.54 Å². The number of alkyl halides is 3. The van der Waals surface area contributed by atoms with E-state index >= 15 is 0 Å². The van der Waals surface area contributed by atoms with Crippen molar-refractivity contribution < 1.29 is 13.2 Å². The number of imidazole rings is 1. The summed E-state index contributed by atoms with van der Waals surface area (Å²) in [5, 5.41) is 17.5. The SMILES string of the molecule is CCCn1c(Sc2ccc(C#N)nn2)nc2ccc(C(F)(F)F)cc21. The van der Waals surface area contributed by atoms with E-state index in [1.54, 1.807) is 10.6 Å². The minimum Gasteiger partial charge on any atom is -0.319 e. The minimum absolute atomic E-state index is 0.196. The van der Waals surface area contributed by atoms with Gasteiger partial charge in [-0.15, -0.1) is 10.2 Å². The zero-order valence-corrected chi connectivity index (χ0v) is 13.9. The Bertz CT molecular complexity index is 941. The second kappa shape index (κ2) is 6.72. The number of nitrogens with zero attached hydrogens (tertiary/aromatic N) is 5. The van der Waals surface area contributed by atoms with Crippen LogP contribution in [-0.2, 0) is 12.7 Å². The second-order valence-corrected chi connectivity index (χ2v) is 6.21. The number of halogens is 3. The molecule has 2 heterocycles. The van der Waals surface area contributed by atoms with Crippen molar-refractivity contribution in [3.63, 3.8) is 0 Å². The maximum Gasteiger partial charge on any atom is 0.416 e. The molecule has 0 N–H and O–H groups in total. The molecule has 2 aromatic heterocycles. The van der Waals surface area contributed by atoms with Gasteiger partial charge in [0.05, 0.1) is 16.6 Å². The number of rotatable bonds is 4. The molecule has 0 aliphatic heterocycles. The summed E-state index contributed by atoms with van der Waals surface area (Å²) in [6, 6.07) is 8.57. The number of aryl methyl sites for hydroxylation is 1. The van der Waals surface area contributed by atoms with Crippen LogP contribution >= 0.6 is 11.8 Å². The third-order valence-electron chi connectivity index (χ3n) is 3.44. The number of aromatic nitrogens is 4. The molecular formula is C16H12F3N5S. The third kappa shape index (κ3) is 3.58. The molecule has 128 valence electrons. The first-order chi connectivity index (χ1) is 11.9. The molecule has 0 aliphatic rings. The normalized spacial score (nSPS) is 11.6. The van der Waals surface area contributed by atoms with Crippen molar-refractivity contribution in [2.24, 2.45) is 0 Å². The number of hydrogen-bond acceptors (Lipinski definition) is 5. The number of nitriles is 1. The first-order valence-electron chi connectivity index (χ1n) is 7.41. The van der Waals surface area contributed by atoms with Crippen molar-refractivity contribution in [2.45, 2.75) is 36.2 Å². The van der Waals surface area contributed by atoms with E-state index in [-0.39, 0.29) is 5.69 Å². The summed E-state index contributed by atoms with van der Waals surface area (Å²) in [4.78, 5) is 4.42. The van der Waals surface area contributed by atoms with Gasteiger partial charge >= 0.3 is 6.18 Å². The number of hydrogen-bond donors (Lipinski definition) is 0. The maximum atomic E-state index is 13.0. The lowest BCUT2D eigenvalue weighted by atomic mass is 10.2. The minimum atomic E-state index is -4.40. The highest BCUT2D eigenvalue weighted by atomic mass is 32.2. The van der Waals surface area contributed by atoms with Crippen LogP contribution in [0.3, 0.4) is 0 Å². The van der Waals surface area contributed by atoms with E-state index in [2.05, 4.69) is 15.2 Å². The van der Waals surface area contributed by atoms with Crippen LogP contribution in [0.25, 0.3) is 11.0 Å². The Morgan fingerprint density at radius 1 is 1.20 bits per heavy atom. The molecule has 0 unspecified atom stereocenters. The summed E-state index contributed by atoms with van der Waals surface area (Å²) in [6.45, 7) is 2.47. The molecule has 0 fully saturated rings. The van der Waals surface area contributed by atoms with Crippen LogP contribution in [0.5, 0.6) is 0 Å². The molecule has 3 aromatic rings. The fourth-order valence-corrected chi connectivity index (χ4v) is 3.17. The Labute approximate surface area is 145 Å². The monoisotopic (exact) mass is 363 g/mol. The molecule has 9 heteroatoms. The maximum absolute atomic E-state index is 13.0. The summed E-state index contributed by atoms with van der Waals surface area (Å²) in [5.41, 5.74) is 0.416. The molecule has 0 radical (unpaired) electrons. The molecule has 0 spiro atoms. The van der Waals surface area contributed by atoms with Gasteiger partial charge in [0.25, 0.3) is 0 Å². The van der Waals surface area contributed by atoms with Crippen molar-refractivity contribution >= 4 is 22.8 Å². The van der Waals surface area contributed by atoms with Gasteiger partial charge in [0.1, 0.15) is 11.1 Å². The summed E-state index contributed by atoms with van der Waals surface area (Å²) in [7, 11) is 0. The van der Waals surface area contributed by atoms with E-state index < -0.39 is 11.7 Å². The molecule has 25 heavy (non-hydrogen) atoms. The van der Waals surface area contributed by atoms with Crippen LogP contribution in [0.4, 0.5) is 13.2 Å². The number of fused-ring (bicyclic) bond motifs is 1.